The maximum absolute atomic E-state index is 9.65. The number of nitrogens with two attached hydrogens (primary N) is 1. The molecule has 1 heterocycles. The third kappa shape index (κ3) is 2.22. The standard InChI is InChI=1S/C11H17N3O/c1-7-4-8(12)2-3-9(7)14-10-5-13-6-11(10)15/h2-4,10-11,13-15H,5-6,12H2,1H3/t10-,11+/m1/s1. The Balaban J connectivity index is 2.10. The quantitative estimate of drug-likeness (QED) is 0.527. The lowest BCUT2D eigenvalue weighted by Gasteiger charge is -2.18. The molecule has 0 saturated carbocycles. The van der Waals surface area contributed by atoms with Gasteiger partial charge in [0.2, 0.25) is 0 Å². The minimum absolute atomic E-state index is 0.0901. The second-order valence-electron chi connectivity index (χ2n) is 4.05. The zero-order valence-corrected chi connectivity index (χ0v) is 8.83. The predicted molar refractivity (Wildman–Crippen MR) is 61.9 cm³/mol. The SMILES string of the molecule is Cc1cc(N)ccc1N[C@@H]1CNC[C@@H]1O. The molecule has 0 bridgehead atoms. The highest BCUT2D eigenvalue weighted by atomic mass is 16.3. The van der Waals surface area contributed by atoms with Gasteiger partial charge in [0, 0.05) is 24.5 Å². The number of rotatable bonds is 2. The van der Waals surface area contributed by atoms with Crippen molar-refractivity contribution in [2.75, 3.05) is 24.1 Å². The average Bonchev–Trinajstić information content (AvgIpc) is 2.57. The van der Waals surface area contributed by atoms with Gasteiger partial charge in [-0.2, -0.15) is 0 Å². The van der Waals surface area contributed by atoms with E-state index in [2.05, 4.69) is 10.6 Å². The molecule has 2 rings (SSSR count). The third-order valence-corrected chi connectivity index (χ3v) is 2.77. The molecule has 4 heteroatoms. The molecular weight excluding hydrogens is 190 g/mol. The van der Waals surface area contributed by atoms with Crippen LogP contribution in [0.15, 0.2) is 18.2 Å². The Morgan fingerprint density at radius 2 is 2.27 bits per heavy atom. The van der Waals surface area contributed by atoms with E-state index in [1.54, 1.807) is 0 Å². The van der Waals surface area contributed by atoms with E-state index in [1.807, 2.05) is 25.1 Å². The Hall–Kier alpha value is -1.26. The summed E-state index contributed by atoms with van der Waals surface area (Å²) in [5.41, 5.74) is 8.58. The van der Waals surface area contributed by atoms with Crippen molar-refractivity contribution in [1.29, 1.82) is 0 Å². The van der Waals surface area contributed by atoms with Gasteiger partial charge in [-0.15, -0.1) is 0 Å². The molecule has 0 aromatic heterocycles. The van der Waals surface area contributed by atoms with Gasteiger partial charge in [-0.1, -0.05) is 0 Å². The van der Waals surface area contributed by atoms with Crippen molar-refractivity contribution < 1.29 is 5.11 Å². The lowest BCUT2D eigenvalue weighted by Crippen LogP contribution is -2.32. The molecule has 1 aliphatic rings. The number of aliphatic hydroxyl groups is 1. The highest BCUT2D eigenvalue weighted by molar-refractivity contribution is 5.58. The van der Waals surface area contributed by atoms with Gasteiger partial charge in [0.15, 0.2) is 0 Å². The van der Waals surface area contributed by atoms with Gasteiger partial charge in [0.05, 0.1) is 12.1 Å². The van der Waals surface area contributed by atoms with Crippen molar-refractivity contribution in [1.82, 2.24) is 5.32 Å². The van der Waals surface area contributed by atoms with Crippen LogP contribution in [0.25, 0.3) is 0 Å². The maximum atomic E-state index is 9.65. The van der Waals surface area contributed by atoms with Crippen molar-refractivity contribution in [3.63, 3.8) is 0 Å². The molecule has 5 N–H and O–H groups in total. The van der Waals surface area contributed by atoms with Crippen LogP contribution in [0.1, 0.15) is 5.56 Å². The second-order valence-corrected chi connectivity index (χ2v) is 4.05. The van der Waals surface area contributed by atoms with Crippen LogP contribution in [0, 0.1) is 6.92 Å². The first-order valence-corrected chi connectivity index (χ1v) is 5.18. The summed E-state index contributed by atoms with van der Waals surface area (Å²) in [5, 5.41) is 16.1. The fourth-order valence-electron chi connectivity index (χ4n) is 1.86. The molecule has 15 heavy (non-hydrogen) atoms. The van der Waals surface area contributed by atoms with Crippen LogP contribution in [-0.4, -0.2) is 30.3 Å². The van der Waals surface area contributed by atoms with Crippen LogP contribution in [0.3, 0.4) is 0 Å². The Labute approximate surface area is 89.5 Å². The van der Waals surface area contributed by atoms with E-state index in [9.17, 15) is 5.11 Å². The zero-order valence-electron chi connectivity index (χ0n) is 8.83. The van der Waals surface area contributed by atoms with E-state index in [4.69, 9.17) is 5.73 Å². The third-order valence-electron chi connectivity index (χ3n) is 2.77. The van der Waals surface area contributed by atoms with Crippen molar-refractivity contribution in [3.05, 3.63) is 23.8 Å². The van der Waals surface area contributed by atoms with Gasteiger partial charge in [0.25, 0.3) is 0 Å². The number of anilines is 2. The molecule has 4 nitrogen and oxygen atoms in total. The van der Waals surface area contributed by atoms with E-state index in [0.717, 1.165) is 23.5 Å². The van der Waals surface area contributed by atoms with Gasteiger partial charge in [-0.3, -0.25) is 0 Å². The molecule has 0 spiro atoms. The van der Waals surface area contributed by atoms with Gasteiger partial charge in [-0.25, -0.2) is 0 Å². The first-order valence-electron chi connectivity index (χ1n) is 5.18. The molecule has 0 radical (unpaired) electrons. The minimum Gasteiger partial charge on any atom is -0.399 e. The number of aryl methyl sites for hydroxylation is 1. The predicted octanol–water partition coefficient (Wildman–Crippen LogP) is 0.322. The van der Waals surface area contributed by atoms with E-state index in [0.29, 0.717) is 6.54 Å². The Bertz CT molecular complexity index is 354. The molecule has 1 aromatic rings. The summed E-state index contributed by atoms with van der Waals surface area (Å²) in [5.74, 6) is 0. The number of nitrogen functional groups attached to an aromatic ring is 1. The van der Waals surface area contributed by atoms with Crippen LogP contribution in [0.5, 0.6) is 0 Å². The molecule has 0 unspecified atom stereocenters. The van der Waals surface area contributed by atoms with E-state index in [1.165, 1.54) is 0 Å². The largest absolute Gasteiger partial charge is 0.399 e. The first kappa shape index (κ1) is 10.3. The summed E-state index contributed by atoms with van der Waals surface area (Å²) in [6.07, 6.45) is -0.318. The second kappa shape index (κ2) is 4.08. The first-order chi connectivity index (χ1) is 7.16. The molecule has 82 valence electrons. The molecule has 0 amide bonds. The Morgan fingerprint density at radius 1 is 1.47 bits per heavy atom. The molecule has 1 saturated heterocycles. The molecule has 0 aliphatic carbocycles. The fraction of sp³-hybridized carbons (Fsp3) is 0.455. The van der Waals surface area contributed by atoms with Crippen molar-refractivity contribution in [2.24, 2.45) is 0 Å². The number of hydrogen-bond acceptors (Lipinski definition) is 4. The van der Waals surface area contributed by atoms with Crippen molar-refractivity contribution in [2.45, 2.75) is 19.1 Å². The molecular formula is C11H17N3O. The monoisotopic (exact) mass is 207 g/mol. The van der Waals surface area contributed by atoms with E-state index < -0.39 is 0 Å². The summed E-state index contributed by atoms with van der Waals surface area (Å²) >= 11 is 0. The normalized spacial score (nSPS) is 25.5. The van der Waals surface area contributed by atoms with Crippen LogP contribution in [0.4, 0.5) is 11.4 Å². The Kier molecular flexibility index (Phi) is 2.79. The zero-order chi connectivity index (χ0) is 10.8. The van der Waals surface area contributed by atoms with Gasteiger partial charge >= 0.3 is 0 Å². The topological polar surface area (TPSA) is 70.3 Å². The van der Waals surface area contributed by atoms with Gasteiger partial charge in [-0.05, 0) is 30.7 Å². The average molecular weight is 207 g/mol. The summed E-state index contributed by atoms with van der Waals surface area (Å²) < 4.78 is 0. The van der Waals surface area contributed by atoms with Crippen LogP contribution in [-0.2, 0) is 0 Å². The summed E-state index contributed by atoms with van der Waals surface area (Å²) in [6, 6.07) is 5.84. The number of benzene rings is 1. The van der Waals surface area contributed by atoms with E-state index in [-0.39, 0.29) is 12.1 Å². The van der Waals surface area contributed by atoms with Crippen molar-refractivity contribution >= 4 is 11.4 Å². The number of β-amino-alcohol motifs (C(OH)–C–C–N with tert-alkyl or cyclic N) is 1. The van der Waals surface area contributed by atoms with Gasteiger partial charge < -0.3 is 21.5 Å². The highest BCUT2D eigenvalue weighted by Gasteiger charge is 2.24. The number of aliphatic hydroxyl groups excluding tert-OH is 1. The van der Waals surface area contributed by atoms with Crippen LogP contribution in [0.2, 0.25) is 0 Å². The molecule has 1 aliphatic heterocycles. The fourth-order valence-corrected chi connectivity index (χ4v) is 1.86. The van der Waals surface area contributed by atoms with Gasteiger partial charge in [0.1, 0.15) is 0 Å². The van der Waals surface area contributed by atoms with E-state index >= 15 is 0 Å². The Morgan fingerprint density at radius 3 is 2.87 bits per heavy atom. The maximum Gasteiger partial charge on any atom is 0.0877 e. The molecule has 2 atom stereocenters. The number of hydrogen-bond donors (Lipinski definition) is 4. The summed E-state index contributed by atoms with van der Waals surface area (Å²) in [7, 11) is 0. The lowest BCUT2D eigenvalue weighted by molar-refractivity contribution is 0.185. The summed E-state index contributed by atoms with van der Waals surface area (Å²) in [6.45, 7) is 3.46. The molecule has 1 aromatic carbocycles. The molecule has 1 fully saturated rings. The minimum atomic E-state index is -0.318. The summed E-state index contributed by atoms with van der Waals surface area (Å²) in [4.78, 5) is 0. The number of nitrogens with one attached hydrogen (secondary N) is 2. The smallest absolute Gasteiger partial charge is 0.0877 e. The lowest BCUT2D eigenvalue weighted by atomic mass is 10.1. The highest BCUT2D eigenvalue weighted by Crippen LogP contribution is 2.19. The van der Waals surface area contributed by atoms with Crippen molar-refractivity contribution in [3.8, 4) is 0 Å². The van der Waals surface area contributed by atoms with Crippen LogP contribution < -0.4 is 16.4 Å². The van der Waals surface area contributed by atoms with Crippen LogP contribution >= 0.6 is 0 Å².